The minimum Gasteiger partial charge on any atom is -0.376 e. The number of hydrogen-bond acceptors (Lipinski definition) is 6. The minimum absolute atomic E-state index is 0.0551. The summed E-state index contributed by atoms with van der Waals surface area (Å²) in [5.74, 6) is -2.79. The molecule has 2 aliphatic heterocycles. The molecule has 0 unspecified atom stereocenters. The van der Waals surface area contributed by atoms with E-state index in [1.807, 2.05) is 12.2 Å². The summed E-state index contributed by atoms with van der Waals surface area (Å²) in [7, 11) is 0. The zero-order chi connectivity index (χ0) is 22.6. The lowest BCUT2D eigenvalue weighted by atomic mass is 9.40. The molecule has 0 radical (unpaired) electrons. The van der Waals surface area contributed by atoms with Crippen LogP contribution in [-0.4, -0.2) is 72.9 Å². The number of imide groups is 2. The largest absolute Gasteiger partial charge is 0.376 e. The fourth-order valence-electron chi connectivity index (χ4n) is 6.81. The molecule has 2 saturated carbocycles. The molecule has 6 aliphatic rings. The smallest absolute Gasteiger partial charge is 0.233 e. The maximum atomic E-state index is 13.2. The van der Waals surface area contributed by atoms with Crippen molar-refractivity contribution in [1.82, 2.24) is 9.80 Å². The Labute approximate surface area is 186 Å². The summed E-state index contributed by atoms with van der Waals surface area (Å²) in [5.41, 5.74) is 0. The highest BCUT2D eigenvalue weighted by Crippen LogP contribution is 2.68. The van der Waals surface area contributed by atoms with Crippen LogP contribution < -0.4 is 0 Å². The van der Waals surface area contributed by atoms with Gasteiger partial charge in [-0.05, 0) is 23.7 Å². The zero-order valence-corrected chi connectivity index (χ0v) is 17.9. The molecule has 8 atom stereocenters. The van der Waals surface area contributed by atoms with Crippen molar-refractivity contribution in [2.75, 3.05) is 39.5 Å². The van der Waals surface area contributed by atoms with Crippen molar-refractivity contribution < 1.29 is 28.7 Å². The highest BCUT2D eigenvalue weighted by molar-refractivity contribution is 6.09. The molecule has 2 heterocycles. The first kappa shape index (κ1) is 21.3. The van der Waals surface area contributed by atoms with E-state index in [2.05, 4.69) is 13.2 Å². The van der Waals surface area contributed by atoms with E-state index in [1.54, 1.807) is 12.2 Å². The molecule has 2 saturated heterocycles. The molecule has 8 nitrogen and oxygen atoms in total. The number of rotatable bonds is 10. The summed E-state index contributed by atoms with van der Waals surface area (Å²) in [6.07, 6.45) is 7.27. The van der Waals surface area contributed by atoms with E-state index >= 15 is 0 Å². The van der Waals surface area contributed by atoms with Crippen LogP contribution in [0.4, 0.5) is 0 Å². The second-order valence-electron chi connectivity index (χ2n) is 9.18. The fraction of sp³-hybridized carbons (Fsp3) is 0.583. The van der Waals surface area contributed by atoms with Gasteiger partial charge in [0.1, 0.15) is 0 Å². The van der Waals surface area contributed by atoms with Gasteiger partial charge in [-0.1, -0.05) is 24.3 Å². The third kappa shape index (κ3) is 2.82. The van der Waals surface area contributed by atoms with Gasteiger partial charge >= 0.3 is 0 Å². The summed E-state index contributed by atoms with van der Waals surface area (Å²) >= 11 is 0. The third-order valence-corrected chi connectivity index (χ3v) is 7.92. The van der Waals surface area contributed by atoms with E-state index in [9.17, 15) is 19.2 Å². The van der Waals surface area contributed by atoms with E-state index in [-0.39, 0.29) is 73.6 Å². The topological polar surface area (TPSA) is 93.2 Å². The molecule has 8 heteroatoms. The highest BCUT2D eigenvalue weighted by atomic mass is 16.5. The standard InChI is InChI=1S/C24H28N2O6/c1-3-9-31-11-7-25-21(27)17-13-5-6-14(18(17)22(25)28)16-15(13)19-20(16)24(30)26(23(19)29)8-12-32-10-4-2/h3-6,13-20H,1-2,7-12H2/t13-,14+,15-,16-,17+,18-,19-,20-/m1/s1. The Balaban J connectivity index is 1.33. The molecule has 4 aliphatic carbocycles. The first-order chi connectivity index (χ1) is 15.5. The van der Waals surface area contributed by atoms with Crippen LogP contribution in [0.15, 0.2) is 37.5 Å². The summed E-state index contributed by atoms with van der Waals surface area (Å²) in [6, 6.07) is 0. The number of hydrogen-bond donors (Lipinski definition) is 0. The number of carbonyl (C=O) groups is 4. The van der Waals surface area contributed by atoms with Crippen molar-refractivity contribution in [1.29, 1.82) is 0 Å². The lowest BCUT2D eigenvalue weighted by Gasteiger charge is -2.60. The van der Waals surface area contributed by atoms with Gasteiger partial charge in [-0.15, -0.1) is 13.2 Å². The summed E-state index contributed by atoms with van der Waals surface area (Å²) in [5, 5.41) is 0. The number of fused-ring (bicyclic) bond motifs is 1. The SMILES string of the molecule is C=CCOCCN1C(=O)[C@@H]2[C@H]3C=C[C@@H]([C@@H]2C1=O)[C@H]1[C@H]2C(=O)N(CCOCC=C)C(=O)[C@@H]2[C@H]31. The van der Waals surface area contributed by atoms with Gasteiger partial charge in [-0.2, -0.15) is 0 Å². The van der Waals surface area contributed by atoms with Crippen molar-refractivity contribution in [3.05, 3.63) is 37.5 Å². The quantitative estimate of drug-likeness (QED) is 0.281. The van der Waals surface area contributed by atoms with E-state index in [0.29, 0.717) is 13.2 Å². The lowest BCUT2D eigenvalue weighted by Crippen LogP contribution is -2.63. The van der Waals surface area contributed by atoms with Gasteiger partial charge in [0.15, 0.2) is 0 Å². The minimum atomic E-state index is -0.438. The normalized spacial score (nSPS) is 38.6. The zero-order valence-electron chi connectivity index (χ0n) is 17.9. The van der Waals surface area contributed by atoms with E-state index in [1.165, 1.54) is 9.80 Å². The van der Waals surface area contributed by atoms with Gasteiger partial charge in [0, 0.05) is 0 Å². The van der Waals surface area contributed by atoms with Crippen LogP contribution in [-0.2, 0) is 28.7 Å². The third-order valence-electron chi connectivity index (χ3n) is 7.92. The Kier molecular flexibility index (Phi) is 5.37. The lowest BCUT2D eigenvalue weighted by molar-refractivity contribution is -0.166. The number of carbonyl (C=O) groups excluding carboxylic acids is 4. The van der Waals surface area contributed by atoms with Crippen LogP contribution in [0.1, 0.15) is 0 Å². The number of ether oxygens (including phenoxy) is 2. The fourth-order valence-corrected chi connectivity index (χ4v) is 6.81. The van der Waals surface area contributed by atoms with Crippen molar-refractivity contribution >= 4 is 23.6 Å². The first-order valence-electron chi connectivity index (χ1n) is 11.3. The molecule has 0 aromatic heterocycles. The van der Waals surface area contributed by atoms with Gasteiger partial charge in [-0.25, -0.2) is 0 Å². The summed E-state index contributed by atoms with van der Waals surface area (Å²) in [6.45, 7) is 8.89. The molecule has 4 amide bonds. The predicted octanol–water partition coefficient (Wildman–Crippen LogP) is 0.656. The molecule has 0 aromatic carbocycles. The van der Waals surface area contributed by atoms with Crippen molar-refractivity contribution in [3.63, 3.8) is 0 Å². The van der Waals surface area contributed by atoms with Gasteiger partial charge in [0.2, 0.25) is 23.6 Å². The van der Waals surface area contributed by atoms with Crippen LogP contribution in [0.25, 0.3) is 0 Å². The Hall–Kier alpha value is -2.58. The molecule has 2 bridgehead atoms. The Morgan fingerprint density at radius 3 is 1.44 bits per heavy atom. The number of allylic oxidation sites excluding steroid dienone is 2. The van der Waals surface area contributed by atoms with Crippen LogP contribution in [0.3, 0.4) is 0 Å². The van der Waals surface area contributed by atoms with Crippen LogP contribution in [0.5, 0.6) is 0 Å². The number of amides is 4. The maximum Gasteiger partial charge on any atom is 0.233 e. The Morgan fingerprint density at radius 1 is 0.688 bits per heavy atom. The average Bonchev–Trinajstić information content (AvgIpc) is 3.14. The van der Waals surface area contributed by atoms with Crippen molar-refractivity contribution in [2.24, 2.45) is 47.3 Å². The summed E-state index contributed by atoms with van der Waals surface area (Å²) < 4.78 is 10.7. The monoisotopic (exact) mass is 440 g/mol. The molecule has 0 spiro atoms. The first-order valence-corrected chi connectivity index (χ1v) is 11.3. The highest BCUT2D eigenvalue weighted by Gasteiger charge is 2.74. The van der Waals surface area contributed by atoms with Crippen LogP contribution >= 0.6 is 0 Å². The summed E-state index contributed by atoms with van der Waals surface area (Å²) in [4.78, 5) is 55.2. The van der Waals surface area contributed by atoms with Gasteiger partial charge < -0.3 is 9.47 Å². The van der Waals surface area contributed by atoms with Crippen molar-refractivity contribution in [3.8, 4) is 0 Å². The molecular formula is C24H28N2O6. The predicted molar refractivity (Wildman–Crippen MR) is 113 cm³/mol. The number of nitrogens with zero attached hydrogens (tertiary/aromatic N) is 2. The Morgan fingerprint density at radius 2 is 1.06 bits per heavy atom. The molecule has 0 N–H and O–H groups in total. The maximum absolute atomic E-state index is 13.2. The van der Waals surface area contributed by atoms with Crippen LogP contribution in [0, 0.1) is 47.3 Å². The average molecular weight is 440 g/mol. The second-order valence-corrected chi connectivity index (χ2v) is 9.18. The van der Waals surface area contributed by atoms with Gasteiger partial charge in [0.25, 0.3) is 0 Å². The second kappa shape index (κ2) is 8.08. The molecule has 6 rings (SSSR count). The molecule has 0 aromatic rings. The molecular weight excluding hydrogens is 412 g/mol. The van der Waals surface area contributed by atoms with Gasteiger partial charge in [0.05, 0.1) is 63.2 Å². The van der Waals surface area contributed by atoms with Crippen molar-refractivity contribution in [2.45, 2.75) is 0 Å². The van der Waals surface area contributed by atoms with E-state index < -0.39 is 23.7 Å². The molecule has 32 heavy (non-hydrogen) atoms. The van der Waals surface area contributed by atoms with E-state index in [4.69, 9.17) is 9.47 Å². The Bertz CT molecular complexity index is 856. The van der Waals surface area contributed by atoms with Crippen LogP contribution in [0.2, 0.25) is 0 Å². The van der Waals surface area contributed by atoms with E-state index in [0.717, 1.165) is 0 Å². The molecule has 170 valence electrons. The van der Waals surface area contributed by atoms with Gasteiger partial charge in [-0.3, -0.25) is 29.0 Å². The molecule has 4 fully saturated rings. The number of likely N-dealkylation sites (tertiary alicyclic amines) is 2.